The Hall–Kier alpha value is -6.98. The number of benzene rings is 8. The second-order valence-corrected chi connectivity index (χ2v) is 14.0. The molecule has 4 nitrogen and oxygen atoms in total. The van der Waals surface area contributed by atoms with Crippen molar-refractivity contribution in [3.63, 3.8) is 0 Å². The van der Waals surface area contributed by atoms with E-state index in [1.807, 2.05) is 12.1 Å². The lowest BCUT2D eigenvalue weighted by molar-refractivity contribution is 0.464. The van der Waals surface area contributed by atoms with Crippen LogP contribution in [-0.2, 0) is 0 Å². The number of rotatable bonds is 3. The molecule has 0 saturated heterocycles. The van der Waals surface area contributed by atoms with Gasteiger partial charge < -0.3 is 18.5 Å². The van der Waals surface area contributed by atoms with Gasteiger partial charge in [-0.1, -0.05) is 121 Å². The average Bonchev–Trinajstić information content (AvgIpc) is 3.77. The van der Waals surface area contributed by atoms with Crippen LogP contribution in [-0.4, -0.2) is 11.3 Å². The molecule has 0 fully saturated rings. The summed E-state index contributed by atoms with van der Waals surface area (Å²) < 4.78 is 22.6. The standard InChI is InChI=1S/C48H28BNO3/c1-3-11-29(12-4-1)31-19-22-41-37(25-31)49-38-26-32(30-13-5-2-6-14-30)20-23-42(38)53-45-28-33(27-44(52-41)47(45)49)50-39-17-9-7-15-34(39)35-21-24-43-46(48(35)50)36-16-8-10-18-40(36)51-43/h1-28H. The molecule has 0 aliphatic carbocycles. The Labute approximate surface area is 305 Å². The molecule has 0 atom stereocenters. The Bertz CT molecular complexity index is 3010. The van der Waals surface area contributed by atoms with Crippen molar-refractivity contribution in [2.24, 2.45) is 0 Å². The van der Waals surface area contributed by atoms with Gasteiger partial charge in [-0.05, 0) is 69.6 Å². The van der Waals surface area contributed by atoms with Crippen molar-refractivity contribution in [3.05, 3.63) is 170 Å². The van der Waals surface area contributed by atoms with E-state index in [9.17, 15) is 0 Å². The summed E-state index contributed by atoms with van der Waals surface area (Å²) in [6.07, 6.45) is 0. The zero-order valence-corrected chi connectivity index (χ0v) is 28.4. The van der Waals surface area contributed by atoms with Crippen molar-refractivity contribution in [1.29, 1.82) is 0 Å². The number of ether oxygens (including phenoxy) is 2. The molecule has 2 aliphatic heterocycles. The fourth-order valence-electron chi connectivity index (χ4n) is 8.77. The topological polar surface area (TPSA) is 36.5 Å². The fourth-order valence-corrected chi connectivity index (χ4v) is 8.77. The normalized spacial score (nSPS) is 12.8. The van der Waals surface area contributed by atoms with Crippen LogP contribution in [0.3, 0.4) is 0 Å². The number of aromatic nitrogens is 1. The zero-order valence-electron chi connectivity index (χ0n) is 28.4. The number of fused-ring (bicyclic) bond motifs is 11. The van der Waals surface area contributed by atoms with Crippen molar-refractivity contribution < 1.29 is 13.9 Å². The van der Waals surface area contributed by atoms with Crippen LogP contribution >= 0.6 is 0 Å². The number of para-hydroxylation sites is 2. The largest absolute Gasteiger partial charge is 0.458 e. The lowest BCUT2D eigenvalue weighted by atomic mass is 9.34. The smallest absolute Gasteiger partial charge is 0.260 e. The van der Waals surface area contributed by atoms with E-state index in [2.05, 4.69) is 162 Å². The van der Waals surface area contributed by atoms with Crippen molar-refractivity contribution in [3.8, 4) is 50.9 Å². The summed E-state index contributed by atoms with van der Waals surface area (Å²) in [7, 11) is 0. The van der Waals surface area contributed by atoms with E-state index >= 15 is 0 Å². The monoisotopic (exact) mass is 677 g/mol. The molecule has 10 aromatic rings. The molecule has 0 spiro atoms. The molecule has 0 amide bonds. The summed E-state index contributed by atoms with van der Waals surface area (Å²) in [6, 6.07) is 59.9. The Morgan fingerprint density at radius 1 is 0.415 bits per heavy atom. The third-order valence-corrected chi connectivity index (χ3v) is 11.1. The van der Waals surface area contributed by atoms with Crippen molar-refractivity contribution in [1.82, 2.24) is 4.57 Å². The highest BCUT2D eigenvalue weighted by Crippen LogP contribution is 2.44. The average molecular weight is 678 g/mol. The molecule has 8 aromatic carbocycles. The zero-order chi connectivity index (χ0) is 34.6. The van der Waals surface area contributed by atoms with Gasteiger partial charge in [-0.3, -0.25) is 0 Å². The molecule has 4 heterocycles. The fraction of sp³-hybridized carbons (Fsp3) is 0. The highest BCUT2D eigenvalue weighted by molar-refractivity contribution is 6.98. The second-order valence-electron chi connectivity index (χ2n) is 14.0. The van der Waals surface area contributed by atoms with E-state index in [-0.39, 0.29) is 6.71 Å². The summed E-state index contributed by atoms with van der Waals surface area (Å²) in [5, 5.41) is 4.54. The number of nitrogens with zero attached hydrogens (tertiary/aromatic N) is 1. The van der Waals surface area contributed by atoms with E-state index in [1.165, 1.54) is 21.9 Å². The van der Waals surface area contributed by atoms with Gasteiger partial charge >= 0.3 is 0 Å². The Morgan fingerprint density at radius 2 is 1.00 bits per heavy atom. The quantitative estimate of drug-likeness (QED) is 0.175. The summed E-state index contributed by atoms with van der Waals surface area (Å²) in [5.41, 5.74) is 12.9. The first-order valence-corrected chi connectivity index (χ1v) is 18.0. The van der Waals surface area contributed by atoms with Crippen LogP contribution in [0.4, 0.5) is 0 Å². The maximum atomic E-state index is 6.94. The molecule has 53 heavy (non-hydrogen) atoms. The van der Waals surface area contributed by atoms with E-state index in [0.717, 1.165) is 89.2 Å². The number of furan rings is 1. The summed E-state index contributed by atoms with van der Waals surface area (Å²) >= 11 is 0. The molecule has 12 rings (SSSR count). The lowest BCUT2D eigenvalue weighted by Gasteiger charge is -2.34. The molecular weight excluding hydrogens is 649 g/mol. The minimum absolute atomic E-state index is 0.0865. The van der Waals surface area contributed by atoms with Gasteiger partial charge in [0.2, 0.25) is 0 Å². The summed E-state index contributed by atoms with van der Waals surface area (Å²) in [5.74, 6) is 3.31. The van der Waals surface area contributed by atoms with Gasteiger partial charge in [-0.15, -0.1) is 0 Å². The van der Waals surface area contributed by atoms with Gasteiger partial charge in [0.25, 0.3) is 6.71 Å². The van der Waals surface area contributed by atoms with Crippen LogP contribution < -0.4 is 25.9 Å². The first-order valence-electron chi connectivity index (χ1n) is 18.0. The van der Waals surface area contributed by atoms with Crippen LogP contribution in [0, 0.1) is 0 Å². The Balaban J connectivity index is 1.13. The van der Waals surface area contributed by atoms with Crippen LogP contribution in [0.5, 0.6) is 23.0 Å². The predicted octanol–water partition coefficient (Wildman–Crippen LogP) is 10.7. The van der Waals surface area contributed by atoms with E-state index in [4.69, 9.17) is 13.9 Å². The van der Waals surface area contributed by atoms with Gasteiger partial charge in [0.1, 0.15) is 34.2 Å². The Morgan fingerprint density at radius 3 is 1.66 bits per heavy atom. The second kappa shape index (κ2) is 10.8. The molecule has 0 N–H and O–H groups in total. The van der Waals surface area contributed by atoms with Crippen LogP contribution in [0.1, 0.15) is 0 Å². The Kier molecular flexibility index (Phi) is 5.83. The first kappa shape index (κ1) is 28.7. The molecule has 2 aliphatic rings. The van der Waals surface area contributed by atoms with Crippen LogP contribution in [0.25, 0.3) is 71.7 Å². The molecule has 246 valence electrons. The summed E-state index contributed by atoms with van der Waals surface area (Å²) in [6.45, 7) is -0.0865. The highest BCUT2D eigenvalue weighted by atomic mass is 16.5. The highest BCUT2D eigenvalue weighted by Gasteiger charge is 2.41. The maximum absolute atomic E-state index is 6.94. The molecule has 0 bridgehead atoms. The van der Waals surface area contributed by atoms with Gasteiger partial charge in [-0.25, -0.2) is 0 Å². The minimum Gasteiger partial charge on any atom is -0.458 e. The first-order chi connectivity index (χ1) is 26.3. The molecule has 0 saturated carbocycles. The van der Waals surface area contributed by atoms with E-state index < -0.39 is 0 Å². The lowest BCUT2D eigenvalue weighted by Crippen LogP contribution is -2.57. The summed E-state index contributed by atoms with van der Waals surface area (Å²) in [4.78, 5) is 0. The molecular formula is C48H28BNO3. The third-order valence-electron chi connectivity index (χ3n) is 11.1. The maximum Gasteiger partial charge on any atom is 0.260 e. The van der Waals surface area contributed by atoms with E-state index in [1.54, 1.807) is 0 Å². The number of hydrogen-bond acceptors (Lipinski definition) is 3. The van der Waals surface area contributed by atoms with Crippen LogP contribution in [0.15, 0.2) is 174 Å². The van der Waals surface area contributed by atoms with Gasteiger partial charge in [-0.2, -0.15) is 0 Å². The van der Waals surface area contributed by atoms with Gasteiger partial charge in [0.15, 0.2) is 0 Å². The molecule has 0 unspecified atom stereocenters. The van der Waals surface area contributed by atoms with Crippen molar-refractivity contribution in [2.45, 2.75) is 0 Å². The molecule has 0 radical (unpaired) electrons. The molecule has 5 heteroatoms. The predicted molar refractivity (Wildman–Crippen MR) is 217 cm³/mol. The van der Waals surface area contributed by atoms with Gasteiger partial charge in [0.05, 0.1) is 22.1 Å². The molecule has 2 aromatic heterocycles. The number of hydrogen-bond donors (Lipinski definition) is 0. The van der Waals surface area contributed by atoms with Gasteiger partial charge in [0, 0.05) is 33.8 Å². The van der Waals surface area contributed by atoms with E-state index in [0.29, 0.717) is 0 Å². The third kappa shape index (κ3) is 4.13. The van der Waals surface area contributed by atoms with Crippen molar-refractivity contribution >= 4 is 66.8 Å². The van der Waals surface area contributed by atoms with Crippen molar-refractivity contribution in [2.75, 3.05) is 0 Å². The van der Waals surface area contributed by atoms with Crippen LogP contribution in [0.2, 0.25) is 0 Å². The SMILES string of the molecule is c1ccc(-c2ccc3c(c2)B2c4cc(-c5ccccc5)ccc4Oc4cc(-n5c6ccccc6c6ccc7oc8ccccc8c7c65)cc(c42)O3)cc1. The minimum atomic E-state index is -0.0865.